The zero-order chi connectivity index (χ0) is 18.9. The first-order chi connectivity index (χ1) is 12.3. The Kier molecular flexibility index (Phi) is 4.64. The predicted molar refractivity (Wildman–Crippen MR) is 84.1 cm³/mol. The second kappa shape index (κ2) is 6.75. The van der Waals surface area contributed by atoms with Gasteiger partial charge in [-0.3, -0.25) is 9.89 Å². The number of carbonyl (C=O) groups is 1. The Balaban J connectivity index is 1.79. The molecule has 1 amide bonds. The average Bonchev–Trinajstić information content (AvgIpc) is 3.24. The first-order valence-electron chi connectivity index (χ1n) is 7.22. The summed E-state index contributed by atoms with van der Waals surface area (Å²) >= 11 is 5.71. The van der Waals surface area contributed by atoms with Crippen molar-refractivity contribution in [2.24, 2.45) is 0 Å². The number of aromatic amines is 2. The average molecular weight is 386 g/mol. The molecule has 0 radical (unpaired) electrons. The van der Waals surface area contributed by atoms with Crippen molar-refractivity contribution in [3.05, 3.63) is 46.2 Å². The SMILES string of the molecule is CC(NC(=O)c1[nH]ncc1-c1nn[nH]n1)c1ccc(C(F)(F)F)c(Cl)c1. The third kappa shape index (κ3) is 3.52. The molecule has 3 aromatic rings. The number of carbonyl (C=O) groups excluding carboxylic acids is 1. The highest BCUT2D eigenvalue weighted by atomic mass is 35.5. The quantitative estimate of drug-likeness (QED) is 0.639. The van der Waals surface area contributed by atoms with Crippen LogP contribution >= 0.6 is 11.6 Å². The van der Waals surface area contributed by atoms with E-state index < -0.39 is 28.7 Å². The Hall–Kier alpha value is -2.95. The highest BCUT2D eigenvalue weighted by Gasteiger charge is 2.33. The van der Waals surface area contributed by atoms with Crippen molar-refractivity contribution >= 4 is 17.5 Å². The molecule has 0 saturated carbocycles. The second-order valence-corrected chi connectivity index (χ2v) is 5.73. The molecule has 0 bridgehead atoms. The Morgan fingerprint density at radius 2 is 2.12 bits per heavy atom. The van der Waals surface area contributed by atoms with E-state index >= 15 is 0 Å². The van der Waals surface area contributed by atoms with E-state index in [4.69, 9.17) is 11.6 Å². The fourth-order valence-electron chi connectivity index (χ4n) is 2.29. The maximum absolute atomic E-state index is 12.8. The molecular formula is C14H11ClF3N7O. The number of alkyl halides is 3. The van der Waals surface area contributed by atoms with Crippen LogP contribution in [0.4, 0.5) is 13.2 Å². The second-order valence-electron chi connectivity index (χ2n) is 5.33. The van der Waals surface area contributed by atoms with Gasteiger partial charge >= 0.3 is 6.18 Å². The van der Waals surface area contributed by atoms with Crippen LogP contribution in [0.2, 0.25) is 5.02 Å². The van der Waals surface area contributed by atoms with Crippen LogP contribution in [0.1, 0.15) is 34.6 Å². The van der Waals surface area contributed by atoms with Gasteiger partial charge in [-0.1, -0.05) is 17.7 Å². The van der Waals surface area contributed by atoms with Crippen molar-refractivity contribution in [1.29, 1.82) is 0 Å². The third-order valence-electron chi connectivity index (χ3n) is 3.60. The highest BCUT2D eigenvalue weighted by Crippen LogP contribution is 2.35. The number of aromatic nitrogens is 6. The molecule has 0 fully saturated rings. The molecule has 3 N–H and O–H groups in total. The minimum Gasteiger partial charge on any atom is -0.344 e. The summed E-state index contributed by atoms with van der Waals surface area (Å²) < 4.78 is 38.3. The number of hydrogen-bond donors (Lipinski definition) is 3. The fourth-order valence-corrected chi connectivity index (χ4v) is 2.58. The van der Waals surface area contributed by atoms with E-state index in [1.807, 2.05) is 0 Å². The van der Waals surface area contributed by atoms with Crippen LogP contribution in [0, 0.1) is 0 Å². The van der Waals surface area contributed by atoms with Crippen LogP contribution in [0.25, 0.3) is 11.4 Å². The monoisotopic (exact) mass is 385 g/mol. The van der Waals surface area contributed by atoms with E-state index in [-0.39, 0.29) is 11.5 Å². The molecular weight excluding hydrogens is 375 g/mol. The van der Waals surface area contributed by atoms with Crippen LogP contribution in [0.15, 0.2) is 24.4 Å². The molecule has 12 heteroatoms. The molecule has 0 spiro atoms. The van der Waals surface area contributed by atoms with Crippen LogP contribution in [-0.2, 0) is 6.18 Å². The van der Waals surface area contributed by atoms with Crippen molar-refractivity contribution in [3.63, 3.8) is 0 Å². The van der Waals surface area contributed by atoms with Crippen LogP contribution in [0.3, 0.4) is 0 Å². The van der Waals surface area contributed by atoms with Crippen molar-refractivity contribution in [2.75, 3.05) is 0 Å². The topological polar surface area (TPSA) is 112 Å². The van der Waals surface area contributed by atoms with E-state index in [0.717, 1.165) is 6.07 Å². The number of tetrazole rings is 1. The minimum atomic E-state index is -4.54. The molecule has 0 saturated heterocycles. The van der Waals surface area contributed by atoms with Gasteiger partial charge in [-0.15, -0.1) is 10.2 Å². The molecule has 2 heterocycles. The summed E-state index contributed by atoms with van der Waals surface area (Å²) in [6, 6.07) is 2.69. The molecule has 8 nitrogen and oxygen atoms in total. The largest absolute Gasteiger partial charge is 0.417 e. The summed E-state index contributed by atoms with van der Waals surface area (Å²) in [4.78, 5) is 12.4. The van der Waals surface area contributed by atoms with Gasteiger partial charge < -0.3 is 5.32 Å². The fraction of sp³-hybridized carbons (Fsp3) is 0.214. The summed E-state index contributed by atoms with van der Waals surface area (Å²) in [5.41, 5.74) is -0.100. The number of rotatable bonds is 4. The summed E-state index contributed by atoms with van der Waals surface area (Å²) in [6.07, 6.45) is -3.18. The Bertz CT molecular complexity index is 923. The van der Waals surface area contributed by atoms with E-state index in [1.54, 1.807) is 6.92 Å². The van der Waals surface area contributed by atoms with Gasteiger partial charge in [0.1, 0.15) is 5.69 Å². The molecule has 1 aromatic carbocycles. The number of nitrogens with zero attached hydrogens (tertiary/aromatic N) is 4. The number of hydrogen-bond acceptors (Lipinski definition) is 5. The summed E-state index contributed by atoms with van der Waals surface area (Å²) in [5.74, 6) is -0.361. The van der Waals surface area contributed by atoms with Gasteiger partial charge in [0.25, 0.3) is 5.91 Å². The maximum atomic E-state index is 12.8. The lowest BCUT2D eigenvalue weighted by Crippen LogP contribution is -2.27. The highest BCUT2D eigenvalue weighted by molar-refractivity contribution is 6.31. The van der Waals surface area contributed by atoms with Gasteiger partial charge in [-0.05, 0) is 29.8 Å². The molecule has 0 aliphatic carbocycles. The van der Waals surface area contributed by atoms with E-state index in [2.05, 4.69) is 36.1 Å². The lowest BCUT2D eigenvalue weighted by atomic mass is 10.1. The molecule has 2 aromatic heterocycles. The normalized spacial score (nSPS) is 12.8. The lowest BCUT2D eigenvalue weighted by Gasteiger charge is -2.16. The zero-order valence-electron chi connectivity index (χ0n) is 13.1. The molecule has 0 aliphatic heterocycles. The van der Waals surface area contributed by atoms with Crippen molar-refractivity contribution < 1.29 is 18.0 Å². The molecule has 3 rings (SSSR count). The lowest BCUT2D eigenvalue weighted by molar-refractivity contribution is -0.137. The third-order valence-corrected chi connectivity index (χ3v) is 3.91. The van der Waals surface area contributed by atoms with E-state index in [1.165, 1.54) is 18.3 Å². The zero-order valence-corrected chi connectivity index (χ0v) is 13.9. The number of nitrogens with one attached hydrogen (secondary N) is 3. The van der Waals surface area contributed by atoms with Gasteiger partial charge in [-0.2, -0.15) is 23.5 Å². The van der Waals surface area contributed by atoms with Crippen molar-refractivity contribution in [2.45, 2.75) is 19.1 Å². The van der Waals surface area contributed by atoms with Gasteiger partial charge in [-0.25, -0.2) is 0 Å². The molecule has 0 aliphatic rings. The van der Waals surface area contributed by atoms with Gasteiger partial charge in [0.2, 0.25) is 5.82 Å². The van der Waals surface area contributed by atoms with Gasteiger partial charge in [0.05, 0.1) is 28.4 Å². The smallest absolute Gasteiger partial charge is 0.344 e. The molecule has 1 unspecified atom stereocenters. The summed E-state index contributed by atoms with van der Waals surface area (Å²) in [7, 11) is 0. The number of H-pyrrole nitrogens is 2. The number of benzene rings is 1. The maximum Gasteiger partial charge on any atom is 0.417 e. The first-order valence-corrected chi connectivity index (χ1v) is 7.60. The Morgan fingerprint density at radius 1 is 1.35 bits per heavy atom. The Labute approximate surface area is 149 Å². The number of amides is 1. The molecule has 136 valence electrons. The summed E-state index contributed by atoms with van der Waals surface area (Å²) in [5, 5.41) is 21.7. The minimum absolute atomic E-state index is 0.0938. The van der Waals surface area contributed by atoms with E-state index in [9.17, 15) is 18.0 Å². The standard InChI is InChI=1S/C14H11ClF3N7O/c1-6(7-2-3-9(10(15)4-7)14(16,17)18)20-13(26)11-8(5-19-21-11)12-22-24-25-23-12/h2-6H,1H3,(H,19,21)(H,20,26)(H,22,23,24,25). The Morgan fingerprint density at radius 3 is 2.73 bits per heavy atom. The van der Waals surface area contributed by atoms with Crippen molar-refractivity contribution in [1.82, 2.24) is 36.1 Å². The van der Waals surface area contributed by atoms with Gasteiger partial charge in [0, 0.05) is 0 Å². The van der Waals surface area contributed by atoms with Crippen LogP contribution < -0.4 is 5.32 Å². The van der Waals surface area contributed by atoms with Crippen molar-refractivity contribution in [3.8, 4) is 11.4 Å². The van der Waals surface area contributed by atoms with Gasteiger partial charge in [0.15, 0.2) is 0 Å². The molecule has 26 heavy (non-hydrogen) atoms. The summed E-state index contributed by atoms with van der Waals surface area (Å²) in [6.45, 7) is 1.61. The van der Waals surface area contributed by atoms with Crippen LogP contribution in [-0.4, -0.2) is 36.7 Å². The van der Waals surface area contributed by atoms with E-state index in [0.29, 0.717) is 11.1 Å². The van der Waals surface area contributed by atoms with Crippen LogP contribution in [0.5, 0.6) is 0 Å². The number of halogens is 4. The predicted octanol–water partition coefficient (Wildman–Crippen LogP) is 2.75. The first kappa shape index (κ1) is 17.9. The molecule has 1 atom stereocenters.